The minimum absolute atomic E-state index is 0.145. The number of ether oxygens (including phenoxy) is 1. The van der Waals surface area contributed by atoms with E-state index in [0.29, 0.717) is 24.7 Å². The van der Waals surface area contributed by atoms with Crippen molar-refractivity contribution in [1.82, 2.24) is 10.1 Å². The monoisotopic (exact) mass is 323 g/mol. The number of nitrogens with two attached hydrogens (primary N) is 1. The van der Waals surface area contributed by atoms with Gasteiger partial charge in [0.2, 0.25) is 11.7 Å². The first-order valence-electron chi connectivity index (χ1n) is 8.01. The van der Waals surface area contributed by atoms with Crippen LogP contribution < -0.4 is 10.5 Å². The maximum atomic E-state index is 5.71. The number of aromatic nitrogens is 2. The molecule has 2 N–H and O–H groups in total. The summed E-state index contributed by atoms with van der Waals surface area (Å²) in [5.74, 6) is 2.01. The minimum Gasteiger partial charge on any atom is -0.491 e. The van der Waals surface area contributed by atoms with Crippen LogP contribution in [0.2, 0.25) is 0 Å². The molecule has 3 rings (SSSR count). The third-order valence-corrected chi connectivity index (χ3v) is 3.54. The molecule has 5 nitrogen and oxygen atoms in total. The van der Waals surface area contributed by atoms with Crippen molar-refractivity contribution in [3.8, 4) is 17.1 Å². The Morgan fingerprint density at radius 2 is 1.88 bits per heavy atom. The lowest BCUT2D eigenvalue weighted by molar-refractivity contribution is 0.242. The molecule has 3 aromatic rings. The Kier molecular flexibility index (Phi) is 4.91. The van der Waals surface area contributed by atoms with Crippen LogP contribution in [0.5, 0.6) is 5.75 Å². The zero-order chi connectivity index (χ0) is 16.9. The van der Waals surface area contributed by atoms with Gasteiger partial charge in [0, 0.05) is 12.1 Å². The number of nitrogens with zero attached hydrogens (tertiary/aromatic N) is 2. The Balaban J connectivity index is 1.73. The number of hydrogen-bond acceptors (Lipinski definition) is 5. The summed E-state index contributed by atoms with van der Waals surface area (Å²) < 4.78 is 11.1. The molecule has 0 aliphatic rings. The van der Waals surface area contributed by atoms with E-state index in [1.54, 1.807) is 0 Å². The summed E-state index contributed by atoms with van der Waals surface area (Å²) in [6, 6.07) is 15.8. The molecule has 0 saturated heterocycles. The predicted molar refractivity (Wildman–Crippen MR) is 92.6 cm³/mol. The van der Waals surface area contributed by atoms with Crippen molar-refractivity contribution in [3.63, 3.8) is 0 Å². The van der Waals surface area contributed by atoms with Crippen LogP contribution in [0.15, 0.2) is 53.1 Å². The van der Waals surface area contributed by atoms with Crippen LogP contribution in [-0.4, -0.2) is 16.2 Å². The fourth-order valence-electron chi connectivity index (χ4n) is 2.41. The highest BCUT2D eigenvalue weighted by Crippen LogP contribution is 2.20. The highest BCUT2D eigenvalue weighted by Gasteiger charge is 2.10. The van der Waals surface area contributed by atoms with Crippen molar-refractivity contribution >= 4 is 0 Å². The largest absolute Gasteiger partial charge is 0.491 e. The second kappa shape index (κ2) is 7.27. The average Bonchev–Trinajstić information content (AvgIpc) is 3.03. The van der Waals surface area contributed by atoms with E-state index in [9.17, 15) is 0 Å². The Hall–Kier alpha value is -2.66. The lowest BCUT2D eigenvalue weighted by atomic mass is 10.1. The van der Waals surface area contributed by atoms with Crippen molar-refractivity contribution in [2.24, 2.45) is 5.73 Å². The van der Waals surface area contributed by atoms with Gasteiger partial charge in [-0.25, -0.2) is 0 Å². The zero-order valence-corrected chi connectivity index (χ0v) is 13.9. The van der Waals surface area contributed by atoms with Crippen LogP contribution in [0.3, 0.4) is 0 Å². The van der Waals surface area contributed by atoms with Crippen LogP contribution in [-0.2, 0) is 13.0 Å². The molecular formula is C19H21N3O2. The maximum absolute atomic E-state index is 5.71. The molecule has 5 heteroatoms. The summed E-state index contributed by atoms with van der Waals surface area (Å²) in [5, 5.41) is 4.06. The average molecular weight is 323 g/mol. The first-order chi connectivity index (χ1) is 11.6. The molecule has 1 heterocycles. The molecule has 0 aliphatic heterocycles. The fourth-order valence-corrected chi connectivity index (χ4v) is 2.41. The van der Waals surface area contributed by atoms with Gasteiger partial charge in [0.25, 0.3) is 0 Å². The van der Waals surface area contributed by atoms with Crippen molar-refractivity contribution < 1.29 is 9.26 Å². The van der Waals surface area contributed by atoms with Crippen LogP contribution in [0.1, 0.15) is 30.9 Å². The van der Waals surface area contributed by atoms with Gasteiger partial charge in [-0.2, -0.15) is 4.98 Å². The van der Waals surface area contributed by atoms with Crippen molar-refractivity contribution in [2.75, 3.05) is 0 Å². The Labute approximate surface area is 141 Å². The zero-order valence-electron chi connectivity index (χ0n) is 13.9. The van der Waals surface area contributed by atoms with Gasteiger partial charge in [-0.05, 0) is 37.1 Å². The van der Waals surface area contributed by atoms with Crippen molar-refractivity contribution in [1.29, 1.82) is 0 Å². The standard InChI is InChI=1S/C19H21N3O2/c1-13(2)23-17-5-3-4-15(10-17)11-18-21-19(22-24-18)16-8-6-14(12-20)7-9-16/h3-10,13H,11-12,20H2,1-2H3. The van der Waals surface area contributed by atoms with Crippen LogP contribution in [0.4, 0.5) is 0 Å². The molecule has 0 unspecified atom stereocenters. The summed E-state index contributed by atoms with van der Waals surface area (Å²) in [7, 11) is 0. The van der Waals surface area contributed by atoms with Gasteiger partial charge in [0.1, 0.15) is 5.75 Å². The molecular weight excluding hydrogens is 302 g/mol. The lowest BCUT2D eigenvalue weighted by Crippen LogP contribution is -2.05. The number of benzene rings is 2. The third-order valence-electron chi connectivity index (χ3n) is 3.54. The van der Waals surface area contributed by atoms with E-state index in [-0.39, 0.29) is 6.10 Å². The topological polar surface area (TPSA) is 74.2 Å². The highest BCUT2D eigenvalue weighted by atomic mass is 16.5. The Bertz CT molecular complexity index is 794. The van der Waals surface area contributed by atoms with Crippen LogP contribution in [0.25, 0.3) is 11.4 Å². The van der Waals surface area contributed by atoms with Gasteiger partial charge < -0.3 is 15.0 Å². The normalized spacial score (nSPS) is 11.0. The molecule has 0 amide bonds. The molecule has 0 atom stereocenters. The molecule has 0 bridgehead atoms. The van der Waals surface area contributed by atoms with Gasteiger partial charge in [-0.1, -0.05) is 41.6 Å². The Morgan fingerprint density at radius 1 is 1.08 bits per heavy atom. The van der Waals surface area contributed by atoms with Crippen LogP contribution in [0, 0.1) is 0 Å². The molecule has 24 heavy (non-hydrogen) atoms. The predicted octanol–water partition coefficient (Wildman–Crippen LogP) is 3.57. The van der Waals surface area contributed by atoms with Crippen LogP contribution >= 0.6 is 0 Å². The first kappa shape index (κ1) is 16.2. The summed E-state index contributed by atoms with van der Waals surface area (Å²) in [6.45, 7) is 4.53. The summed E-state index contributed by atoms with van der Waals surface area (Å²) in [4.78, 5) is 4.47. The van der Waals surface area contributed by atoms with Gasteiger partial charge in [0.15, 0.2) is 0 Å². The quantitative estimate of drug-likeness (QED) is 0.750. The molecule has 0 fully saturated rings. The maximum Gasteiger partial charge on any atom is 0.231 e. The Morgan fingerprint density at radius 3 is 2.58 bits per heavy atom. The van der Waals surface area contributed by atoms with E-state index in [1.807, 2.05) is 62.4 Å². The second-order valence-electron chi connectivity index (χ2n) is 5.90. The SMILES string of the molecule is CC(C)Oc1cccc(Cc2nc(-c3ccc(CN)cc3)no2)c1. The highest BCUT2D eigenvalue weighted by molar-refractivity contribution is 5.54. The van der Waals surface area contributed by atoms with Gasteiger partial charge in [-0.15, -0.1) is 0 Å². The van der Waals surface area contributed by atoms with Gasteiger partial charge in [-0.3, -0.25) is 0 Å². The third kappa shape index (κ3) is 4.00. The fraction of sp³-hybridized carbons (Fsp3) is 0.263. The van der Waals surface area contributed by atoms with E-state index in [4.69, 9.17) is 15.0 Å². The minimum atomic E-state index is 0.145. The first-order valence-corrected chi connectivity index (χ1v) is 8.01. The molecule has 124 valence electrons. The summed E-state index contributed by atoms with van der Waals surface area (Å²) in [5.41, 5.74) is 8.67. The molecule has 0 spiro atoms. The van der Waals surface area contributed by atoms with Gasteiger partial charge >= 0.3 is 0 Å². The second-order valence-corrected chi connectivity index (χ2v) is 5.90. The molecule has 1 aromatic heterocycles. The molecule has 0 saturated carbocycles. The number of rotatable bonds is 6. The van der Waals surface area contributed by atoms with E-state index in [1.165, 1.54) is 0 Å². The summed E-state index contributed by atoms with van der Waals surface area (Å²) in [6.07, 6.45) is 0.718. The van der Waals surface area contributed by atoms with Crippen molar-refractivity contribution in [3.05, 3.63) is 65.5 Å². The molecule has 2 aromatic carbocycles. The smallest absolute Gasteiger partial charge is 0.231 e. The van der Waals surface area contributed by atoms with Gasteiger partial charge in [0.05, 0.1) is 12.5 Å². The molecule has 0 radical (unpaired) electrons. The summed E-state index contributed by atoms with van der Waals surface area (Å²) >= 11 is 0. The van der Waals surface area contributed by atoms with Crippen molar-refractivity contribution in [2.45, 2.75) is 32.9 Å². The lowest BCUT2D eigenvalue weighted by Gasteiger charge is -2.10. The van der Waals surface area contributed by atoms with E-state index >= 15 is 0 Å². The molecule has 0 aliphatic carbocycles. The van der Waals surface area contributed by atoms with E-state index in [0.717, 1.165) is 22.4 Å². The number of hydrogen-bond donors (Lipinski definition) is 1. The van der Waals surface area contributed by atoms with E-state index < -0.39 is 0 Å². The van der Waals surface area contributed by atoms with E-state index in [2.05, 4.69) is 10.1 Å².